The number of thiophene rings is 1. The summed E-state index contributed by atoms with van der Waals surface area (Å²) in [6.45, 7) is 5.06. The van der Waals surface area contributed by atoms with Gasteiger partial charge in [0.25, 0.3) is 0 Å². The molecule has 0 amide bonds. The highest BCUT2D eigenvalue weighted by Crippen LogP contribution is 2.38. The Morgan fingerprint density at radius 2 is 2.47 bits per heavy atom. The monoisotopic (exact) mass is 291 g/mol. The molecule has 0 aromatic carbocycles. The van der Waals surface area contributed by atoms with Crippen LogP contribution in [0.4, 0.5) is 0 Å². The van der Waals surface area contributed by atoms with Crippen LogP contribution >= 0.6 is 23.3 Å². The van der Waals surface area contributed by atoms with Crippen molar-refractivity contribution in [3.8, 4) is 0 Å². The van der Waals surface area contributed by atoms with Crippen molar-refractivity contribution in [1.29, 1.82) is 0 Å². The van der Waals surface area contributed by atoms with Gasteiger partial charge in [-0.05, 0) is 23.6 Å². The fourth-order valence-corrected chi connectivity index (χ4v) is 4.70. The number of hydrogen-bond donors (Lipinski definition) is 3. The molecule has 8 heteroatoms. The first-order valence-electron chi connectivity index (χ1n) is 4.93. The maximum Gasteiger partial charge on any atom is 0.247 e. The van der Waals surface area contributed by atoms with Gasteiger partial charge in [-0.15, -0.1) is 17.9 Å². The highest BCUT2D eigenvalue weighted by atomic mass is 32.3. The third-order valence-corrected chi connectivity index (χ3v) is 5.92. The number of nitrogens with two attached hydrogens (primary N) is 1. The van der Waals surface area contributed by atoms with Crippen LogP contribution < -0.4 is 15.2 Å². The van der Waals surface area contributed by atoms with Crippen LogP contribution in [-0.2, 0) is 10.0 Å². The van der Waals surface area contributed by atoms with Gasteiger partial charge in [0.2, 0.25) is 10.0 Å². The van der Waals surface area contributed by atoms with E-state index in [-0.39, 0.29) is 10.3 Å². The zero-order valence-corrected chi connectivity index (χ0v) is 11.4. The number of rotatable bonds is 4. The Bertz CT molecular complexity index is 524. The lowest BCUT2D eigenvalue weighted by Crippen LogP contribution is -2.31. The molecular formula is C9H13N3O2S3. The molecule has 0 unspecified atom stereocenters. The molecule has 2 rings (SSSR count). The van der Waals surface area contributed by atoms with Crippen LogP contribution in [0.3, 0.4) is 0 Å². The number of fused-ring (bicyclic) bond motifs is 1. The van der Waals surface area contributed by atoms with Gasteiger partial charge in [-0.1, -0.05) is 6.08 Å². The van der Waals surface area contributed by atoms with Crippen LogP contribution in [0.1, 0.15) is 11.6 Å². The van der Waals surface area contributed by atoms with E-state index in [1.807, 2.05) is 0 Å². The molecule has 4 N–H and O–H groups in total. The van der Waals surface area contributed by atoms with E-state index < -0.39 is 10.0 Å². The van der Waals surface area contributed by atoms with Crippen LogP contribution in [0.15, 0.2) is 27.1 Å². The molecule has 5 nitrogen and oxygen atoms in total. The molecule has 94 valence electrons. The lowest BCUT2D eigenvalue weighted by atomic mass is 10.1. The third kappa shape index (κ3) is 2.90. The van der Waals surface area contributed by atoms with Crippen molar-refractivity contribution in [2.75, 3.05) is 13.1 Å². The van der Waals surface area contributed by atoms with E-state index in [2.05, 4.69) is 16.6 Å². The molecule has 0 fully saturated rings. The molecule has 17 heavy (non-hydrogen) atoms. The molecule has 0 bridgehead atoms. The molecule has 0 spiro atoms. The van der Waals surface area contributed by atoms with Crippen molar-refractivity contribution in [3.63, 3.8) is 0 Å². The lowest BCUT2D eigenvalue weighted by molar-refractivity contribution is 0.550. The van der Waals surface area contributed by atoms with Gasteiger partial charge in [0, 0.05) is 19.1 Å². The van der Waals surface area contributed by atoms with Crippen molar-refractivity contribution in [3.05, 3.63) is 24.3 Å². The van der Waals surface area contributed by atoms with E-state index in [9.17, 15) is 8.42 Å². The Balaban J connectivity index is 2.31. The third-order valence-electron chi connectivity index (χ3n) is 2.32. The zero-order chi connectivity index (χ0) is 12.5. The zero-order valence-electron chi connectivity index (χ0n) is 8.97. The minimum atomic E-state index is -3.61. The van der Waals surface area contributed by atoms with Crippen LogP contribution in [0.2, 0.25) is 0 Å². The first kappa shape index (κ1) is 13.1. The first-order valence-corrected chi connectivity index (χ1v) is 8.11. The number of primary sulfonamides is 1. The summed E-state index contributed by atoms with van der Waals surface area (Å²) in [5, 5.41) is 8.40. The summed E-state index contributed by atoms with van der Waals surface area (Å²) < 4.78 is 26.9. The van der Waals surface area contributed by atoms with Gasteiger partial charge in [0.15, 0.2) is 0 Å². The highest BCUT2D eigenvalue weighted by molar-refractivity contribution is 8.00. The Hall–Kier alpha value is -0.380. The van der Waals surface area contributed by atoms with Crippen LogP contribution in [-0.4, -0.2) is 21.5 Å². The second-order valence-corrected chi connectivity index (χ2v) is 7.55. The number of hydrogen-bond acceptors (Lipinski definition) is 6. The molecule has 0 saturated carbocycles. The topological polar surface area (TPSA) is 84.2 Å². The average Bonchev–Trinajstić information content (AvgIpc) is 2.70. The van der Waals surface area contributed by atoms with E-state index >= 15 is 0 Å². The van der Waals surface area contributed by atoms with Gasteiger partial charge in [0.1, 0.15) is 4.21 Å². The normalized spacial score (nSPS) is 19.9. The average molecular weight is 291 g/mol. The largest absolute Gasteiger partial charge is 0.305 e. The summed E-state index contributed by atoms with van der Waals surface area (Å²) in [5.74, 6) is 0. The second kappa shape index (κ2) is 5.09. The van der Waals surface area contributed by atoms with Gasteiger partial charge in [0.05, 0.1) is 4.21 Å². The smallest absolute Gasteiger partial charge is 0.247 e. The summed E-state index contributed by atoms with van der Waals surface area (Å²) in [6.07, 6.45) is 1.77. The maximum absolute atomic E-state index is 11.3. The summed E-state index contributed by atoms with van der Waals surface area (Å²) >= 11 is 2.65. The van der Waals surface area contributed by atoms with Crippen molar-refractivity contribution in [2.45, 2.75) is 14.5 Å². The Labute approximate surface area is 109 Å². The molecule has 0 aliphatic carbocycles. The molecule has 0 radical (unpaired) electrons. The predicted octanol–water partition coefficient (Wildman–Crippen LogP) is 0.823. The summed E-state index contributed by atoms with van der Waals surface area (Å²) in [6, 6.07) is 1.75. The summed E-state index contributed by atoms with van der Waals surface area (Å²) in [5.41, 5.74) is 0.990. The van der Waals surface area contributed by atoms with E-state index in [1.165, 1.54) is 23.3 Å². The molecule has 1 aliphatic heterocycles. The van der Waals surface area contributed by atoms with Gasteiger partial charge in [-0.3, -0.25) is 4.72 Å². The lowest BCUT2D eigenvalue weighted by Gasteiger charge is -2.23. The van der Waals surface area contributed by atoms with Crippen molar-refractivity contribution >= 4 is 33.3 Å². The molecule has 0 saturated heterocycles. The predicted molar refractivity (Wildman–Crippen MR) is 70.5 cm³/mol. The van der Waals surface area contributed by atoms with E-state index in [4.69, 9.17) is 5.14 Å². The summed E-state index contributed by atoms with van der Waals surface area (Å²) in [7, 11) is -3.61. The number of nitrogens with one attached hydrogen (secondary N) is 2. The van der Waals surface area contributed by atoms with Crippen molar-refractivity contribution < 1.29 is 8.42 Å². The van der Waals surface area contributed by atoms with E-state index in [1.54, 1.807) is 12.1 Å². The van der Waals surface area contributed by atoms with Crippen molar-refractivity contribution in [1.82, 2.24) is 10.0 Å². The van der Waals surface area contributed by atoms with E-state index in [0.29, 0.717) is 6.54 Å². The Morgan fingerprint density at radius 3 is 3.12 bits per heavy atom. The molecule has 1 aromatic heterocycles. The molecule has 1 aromatic rings. The Morgan fingerprint density at radius 1 is 1.71 bits per heavy atom. The van der Waals surface area contributed by atoms with Gasteiger partial charge >= 0.3 is 0 Å². The fraction of sp³-hybridized carbons (Fsp3) is 0.333. The summed E-state index contributed by atoms with van der Waals surface area (Å²) in [4.78, 5) is 0. The van der Waals surface area contributed by atoms with Crippen molar-refractivity contribution in [2.24, 2.45) is 5.14 Å². The van der Waals surface area contributed by atoms with Gasteiger partial charge in [-0.25, -0.2) is 13.6 Å². The van der Waals surface area contributed by atoms with Crippen LogP contribution in [0.25, 0.3) is 0 Å². The SMILES string of the molecule is C=CCN[C@H]1CNSc2sc(S(N)(=O)=O)cc21. The standard InChI is InChI=1S/C9H13N3O2S3/c1-2-3-11-7-5-12-16-9-6(7)4-8(15-9)17(10,13)14/h2,4,7,11-12H,1,3,5H2,(H2,10,13,14)/t7-/m0/s1. The number of sulfonamides is 1. The fourth-order valence-electron chi connectivity index (χ4n) is 1.54. The molecule has 1 aliphatic rings. The molecular weight excluding hydrogens is 278 g/mol. The maximum atomic E-state index is 11.3. The van der Waals surface area contributed by atoms with Crippen LogP contribution in [0, 0.1) is 0 Å². The first-order chi connectivity index (χ1) is 8.02. The minimum Gasteiger partial charge on any atom is -0.305 e. The molecule has 1 atom stereocenters. The minimum absolute atomic E-state index is 0.0935. The molecule has 2 heterocycles. The van der Waals surface area contributed by atoms with E-state index in [0.717, 1.165) is 16.3 Å². The van der Waals surface area contributed by atoms with Gasteiger partial charge in [-0.2, -0.15) is 0 Å². The highest BCUT2D eigenvalue weighted by Gasteiger charge is 2.25. The van der Waals surface area contributed by atoms with Crippen LogP contribution in [0.5, 0.6) is 0 Å². The second-order valence-electron chi connectivity index (χ2n) is 3.55. The van der Waals surface area contributed by atoms with Gasteiger partial charge < -0.3 is 5.32 Å². The quantitative estimate of drug-likeness (QED) is 0.565. The Kier molecular flexibility index (Phi) is 3.91.